The lowest BCUT2D eigenvalue weighted by molar-refractivity contribution is 0.0951. The highest BCUT2D eigenvalue weighted by molar-refractivity contribution is 5.94. The summed E-state index contributed by atoms with van der Waals surface area (Å²) in [6.07, 6.45) is 5.01. The zero-order valence-corrected chi connectivity index (χ0v) is 10.4. The Morgan fingerprint density at radius 2 is 2.28 bits per heavy atom. The number of carbonyl (C=O) groups excluding carboxylic acids is 1. The number of nitrogen functional groups attached to an aromatic ring is 1. The highest BCUT2D eigenvalue weighted by Gasteiger charge is 2.11. The number of nitrogens with two attached hydrogens (primary N) is 1. The van der Waals surface area contributed by atoms with Crippen LogP contribution < -0.4 is 11.1 Å². The smallest absolute Gasteiger partial charge is 0.254 e. The molecule has 0 aliphatic heterocycles. The highest BCUT2D eigenvalue weighted by Crippen LogP contribution is 2.04. The number of rotatable bonds is 4. The molecule has 2 rings (SSSR count). The molecular formula is C11H16N6O. The Bertz CT molecular complexity index is 556. The van der Waals surface area contributed by atoms with Crippen LogP contribution >= 0.6 is 0 Å². The lowest BCUT2D eigenvalue weighted by atomic mass is 10.2. The van der Waals surface area contributed by atoms with E-state index in [-0.39, 0.29) is 5.91 Å². The maximum atomic E-state index is 11.9. The van der Waals surface area contributed by atoms with Gasteiger partial charge in [-0.1, -0.05) is 0 Å². The molecule has 2 aromatic rings. The number of carbonyl (C=O) groups is 1. The molecule has 1 amide bonds. The molecule has 0 fully saturated rings. The van der Waals surface area contributed by atoms with E-state index in [1.165, 1.54) is 0 Å². The minimum Gasteiger partial charge on any atom is -0.396 e. The largest absolute Gasteiger partial charge is 0.396 e. The second kappa shape index (κ2) is 4.91. The van der Waals surface area contributed by atoms with Crippen LogP contribution in [-0.2, 0) is 13.6 Å². The van der Waals surface area contributed by atoms with Gasteiger partial charge in [-0.3, -0.25) is 14.2 Å². The molecule has 0 aromatic carbocycles. The summed E-state index contributed by atoms with van der Waals surface area (Å²) in [5, 5.41) is 11.0. The Morgan fingerprint density at radius 1 is 1.50 bits per heavy atom. The van der Waals surface area contributed by atoms with Crippen molar-refractivity contribution in [1.82, 2.24) is 24.9 Å². The first kappa shape index (κ1) is 12.2. The minimum atomic E-state index is -0.124. The van der Waals surface area contributed by atoms with Gasteiger partial charge in [0.05, 0.1) is 29.7 Å². The van der Waals surface area contributed by atoms with Crippen LogP contribution in [0.15, 0.2) is 18.6 Å². The van der Waals surface area contributed by atoms with Gasteiger partial charge in [0.15, 0.2) is 0 Å². The summed E-state index contributed by atoms with van der Waals surface area (Å²) >= 11 is 0. The third kappa shape index (κ3) is 2.68. The first-order chi connectivity index (χ1) is 8.56. The molecule has 0 spiro atoms. The molecule has 0 aliphatic rings. The molecule has 0 atom stereocenters. The summed E-state index contributed by atoms with van der Waals surface area (Å²) in [6.45, 7) is 2.89. The third-order valence-corrected chi connectivity index (χ3v) is 2.54. The number of aromatic nitrogens is 4. The van der Waals surface area contributed by atoms with Crippen LogP contribution in [0.2, 0.25) is 0 Å². The molecule has 7 heteroatoms. The quantitative estimate of drug-likeness (QED) is 0.793. The molecule has 2 heterocycles. The van der Waals surface area contributed by atoms with Crippen LogP contribution in [0.1, 0.15) is 16.1 Å². The van der Waals surface area contributed by atoms with E-state index >= 15 is 0 Å². The number of hydrogen-bond acceptors (Lipinski definition) is 4. The van der Waals surface area contributed by atoms with Crippen molar-refractivity contribution >= 4 is 11.6 Å². The van der Waals surface area contributed by atoms with Crippen LogP contribution in [0, 0.1) is 6.92 Å². The predicted octanol–water partition coefficient (Wildman–Crippen LogP) is -0.0628. The van der Waals surface area contributed by atoms with Gasteiger partial charge in [0.2, 0.25) is 0 Å². The first-order valence-electron chi connectivity index (χ1n) is 5.62. The monoisotopic (exact) mass is 248 g/mol. The number of amides is 1. The summed E-state index contributed by atoms with van der Waals surface area (Å²) in [4.78, 5) is 11.9. The molecule has 18 heavy (non-hydrogen) atoms. The van der Waals surface area contributed by atoms with E-state index < -0.39 is 0 Å². The fourth-order valence-corrected chi connectivity index (χ4v) is 1.70. The Kier molecular flexibility index (Phi) is 3.31. The molecule has 7 nitrogen and oxygen atoms in total. The van der Waals surface area contributed by atoms with E-state index in [1.807, 2.05) is 6.92 Å². The molecule has 0 saturated carbocycles. The van der Waals surface area contributed by atoms with Crippen molar-refractivity contribution in [3.8, 4) is 0 Å². The zero-order valence-electron chi connectivity index (χ0n) is 10.4. The minimum absolute atomic E-state index is 0.124. The summed E-state index contributed by atoms with van der Waals surface area (Å²) in [5.41, 5.74) is 7.47. The number of hydrogen-bond donors (Lipinski definition) is 2. The average Bonchev–Trinajstić information content (AvgIpc) is 2.85. The molecule has 0 saturated heterocycles. The van der Waals surface area contributed by atoms with Gasteiger partial charge in [0.25, 0.3) is 5.91 Å². The van der Waals surface area contributed by atoms with Gasteiger partial charge in [0.1, 0.15) is 0 Å². The van der Waals surface area contributed by atoms with Gasteiger partial charge in [-0.25, -0.2) is 0 Å². The Balaban J connectivity index is 1.87. The van der Waals surface area contributed by atoms with E-state index in [0.29, 0.717) is 24.3 Å². The van der Waals surface area contributed by atoms with E-state index in [4.69, 9.17) is 5.73 Å². The van der Waals surface area contributed by atoms with Crippen molar-refractivity contribution in [3.63, 3.8) is 0 Å². The zero-order chi connectivity index (χ0) is 13.1. The second-order valence-corrected chi connectivity index (χ2v) is 4.09. The first-order valence-corrected chi connectivity index (χ1v) is 5.62. The number of nitrogens with one attached hydrogen (secondary N) is 1. The van der Waals surface area contributed by atoms with Crippen LogP contribution in [0.25, 0.3) is 0 Å². The summed E-state index contributed by atoms with van der Waals surface area (Å²) < 4.78 is 3.31. The Labute approximate surface area is 105 Å². The summed E-state index contributed by atoms with van der Waals surface area (Å²) in [6, 6.07) is 0. The van der Waals surface area contributed by atoms with Crippen LogP contribution in [-0.4, -0.2) is 32.0 Å². The van der Waals surface area contributed by atoms with Gasteiger partial charge < -0.3 is 11.1 Å². The molecular weight excluding hydrogens is 232 g/mol. The van der Waals surface area contributed by atoms with Crippen LogP contribution in [0.4, 0.5) is 5.69 Å². The average molecular weight is 248 g/mol. The summed E-state index contributed by atoms with van der Waals surface area (Å²) in [5.74, 6) is -0.124. The van der Waals surface area contributed by atoms with Gasteiger partial charge in [-0.05, 0) is 6.92 Å². The van der Waals surface area contributed by atoms with E-state index in [0.717, 1.165) is 5.69 Å². The van der Waals surface area contributed by atoms with Gasteiger partial charge >= 0.3 is 0 Å². The fraction of sp³-hybridized carbons (Fsp3) is 0.364. The van der Waals surface area contributed by atoms with E-state index in [1.54, 1.807) is 35.0 Å². The van der Waals surface area contributed by atoms with Crippen molar-refractivity contribution in [2.45, 2.75) is 13.5 Å². The van der Waals surface area contributed by atoms with Crippen molar-refractivity contribution in [1.29, 1.82) is 0 Å². The topological polar surface area (TPSA) is 90.8 Å². The Morgan fingerprint density at radius 3 is 2.83 bits per heavy atom. The number of anilines is 1. The number of nitrogens with zero attached hydrogens (tertiary/aromatic N) is 4. The van der Waals surface area contributed by atoms with E-state index in [9.17, 15) is 4.79 Å². The highest BCUT2D eigenvalue weighted by atomic mass is 16.1. The summed E-state index contributed by atoms with van der Waals surface area (Å²) in [7, 11) is 1.79. The maximum absolute atomic E-state index is 11.9. The molecule has 0 aliphatic carbocycles. The molecule has 0 unspecified atom stereocenters. The molecule has 96 valence electrons. The maximum Gasteiger partial charge on any atom is 0.254 e. The van der Waals surface area contributed by atoms with Gasteiger partial charge in [-0.15, -0.1) is 0 Å². The SMILES string of the molecule is Cc1nn(C)cc1C(=O)NCCn1cc(N)cn1. The van der Waals surface area contributed by atoms with Crippen molar-refractivity contribution in [3.05, 3.63) is 29.8 Å². The van der Waals surface area contributed by atoms with Crippen LogP contribution in [0.3, 0.4) is 0 Å². The Hall–Kier alpha value is -2.31. The third-order valence-electron chi connectivity index (χ3n) is 2.54. The van der Waals surface area contributed by atoms with Crippen LogP contribution in [0.5, 0.6) is 0 Å². The fourth-order valence-electron chi connectivity index (χ4n) is 1.70. The molecule has 0 bridgehead atoms. The van der Waals surface area contributed by atoms with E-state index in [2.05, 4.69) is 15.5 Å². The molecule has 0 radical (unpaired) electrons. The van der Waals surface area contributed by atoms with Crippen molar-refractivity contribution in [2.75, 3.05) is 12.3 Å². The standard InChI is InChI=1S/C11H16N6O/c1-8-10(7-16(2)15-8)11(18)13-3-4-17-6-9(12)5-14-17/h5-7H,3-4,12H2,1-2H3,(H,13,18). The molecule has 2 aromatic heterocycles. The number of aryl methyl sites for hydroxylation is 2. The van der Waals surface area contributed by atoms with Gasteiger partial charge in [-0.2, -0.15) is 10.2 Å². The predicted molar refractivity (Wildman–Crippen MR) is 66.9 cm³/mol. The normalized spacial score (nSPS) is 10.6. The second-order valence-electron chi connectivity index (χ2n) is 4.09. The van der Waals surface area contributed by atoms with Gasteiger partial charge in [0, 0.05) is 26.0 Å². The lowest BCUT2D eigenvalue weighted by Crippen LogP contribution is -2.27. The van der Waals surface area contributed by atoms with Crippen molar-refractivity contribution < 1.29 is 4.79 Å². The van der Waals surface area contributed by atoms with Crippen molar-refractivity contribution in [2.24, 2.45) is 7.05 Å². The molecule has 3 N–H and O–H groups in total. The lowest BCUT2D eigenvalue weighted by Gasteiger charge is -2.04.